The zero-order chi connectivity index (χ0) is 12.1. The molecule has 3 nitrogen and oxygen atoms in total. The minimum atomic E-state index is -0.0328. The molecule has 0 atom stereocenters. The van der Waals surface area contributed by atoms with Gasteiger partial charge in [0, 0.05) is 12.6 Å². The molecule has 0 aliphatic rings. The van der Waals surface area contributed by atoms with Gasteiger partial charge in [-0.2, -0.15) is 0 Å². The zero-order valence-corrected chi connectivity index (χ0v) is 9.72. The molecule has 0 saturated heterocycles. The van der Waals surface area contributed by atoms with E-state index in [0.717, 1.165) is 0 Å². The van der Waals surface area contributed by atoms with Crippen LogP contribution in [-0.4, -0.2) is 12.0 Å². The quantitative estimate of drug-likeness (QED) is 0.607. The van der Waals surface area contributed by atoms with Crippen molar-refractivity contribution in [3.63, 3.8) is 0 Å². The number of aliphatic imine (C=N–C) groups is 1. The molecule has 0 unspecified atom stereocenters. The van der Waals surface area contributed by atoms with Gasteiger partial charge in [-0.05, 0) is 18.2 Å². The van der Waals surface area contributed by atoms with Crippen LogP contribution < -0.4 is 0 Å². The van der Waals surface area contributed by atoms with Crippen LogP contribution in [-0.2, 0) is 0 Å². The van der Waals surface area contributed by atoms with E-state index in [-0.39, 0.29) is 12.2 Å². The number of nitrogens with zero attached hydrogens (tertiary/aromatic N) is 1. The number of furan rings is 1. The number of benzene rings is 1. The Bertz CT molecular complexity index is 532. The highest BCUT2D eigenvalue weighted by atomic mass is 35.5. The van der Waals surface area contributed by atoms with Crippen molar-refractivity contribution >= 4 is 29.3 Å². The third-order valence-electron chi connectivity index (χ3n) is 2.20. The number of Topliss-reactive ketones (excluding diaryl/α,β-unsaturated/α-hetero) is 1. The fourth-order valence-corrected chi connectivity index (χ4v) is 1.51. The second-order valence-electron chi connectivity index (χ2n) is 3.40. The molecule has 0 saturated carbocycles. The van der Waals surface area contributed by atoms with Crippen LogP contribution in [0.4, 0.5) is 5.69 Å². The first kappa shape index (κ1) is 11.6. The third-order valence-corrected chi connectivity index (χ3v) is 2.52. The van der Waals surface area contributed by atoms with Crippen LogP contribution in [0.3, 0.4) is 0 Å². The Morgan fingerprint density at radius 2 is 2.18 bits per heavy atom. The molecule has 1 aromatic carbocycles. The lowest BCUT2D eigenvalue weighted by Gasteiger charge is -1.95. The summed E-state index contributed by atoms with van der Waals surface area (Å²) in [6.07, 6.45) is 4.67. The van der Waals surface area contributed by atoms with Crippen molar-refractivity contribution in [1.29, 1.82) is 0 Å². The summed E-state index contributed by atoms with van der Waals surface area (Å²) in [4.78, 5) is 15.7. The van der Waals surface area contributed by atoms with Crippen molar-refractivity contribution < 1.29 is 9.21 Å². The molecule has 0 amide bonds. The Kier molecular flexibility index (Phi) is 3.73. The molecule has 1 aromatic heterocycles. The second kappa shape index (κ2) is 5.46. The van der Waals surface area contributed by atoms with E-state index >= 15 is 0 Å². The van der Waals surface area contributed by atoms with Crippen LogP contribution in [0.25, 0.3) is 0 Å². The molecule has 0 aliphatic heterocycles. The highest BCUT2D eigenvalue weighted by Crippen LogP contribution is 2.23. The Hall–Kier alpha value is -1.87. The van der Waals surface area contributed by atoms with E-state index in [4.69, 9.17) is 16.0 Å². The van der Waals surface area contributed by atoms with E-state index in [9.17, 15) is 4.79 Å². The lowest BCUT2D eigenvalue weighted by molar-refractivity contribution is 0.100. The normalized spacial score (nSPS) is 10.9. The maximum Gasteiger partial charge on any atom is 0.171 e. The summed E-state index contributed by atoms with van der Waals surface area (Å²) >= 11 is 5.93. The highest BCUT2D eigenvalue weighted by molar-refractivity contribution is 6.33. The molecule has 0 fully saturated rings. The van der Waals surface area contributed by atoms with Crippen LogP contribution >= 0.6 is 11.6 Å². The molecule has 0 N–H and O–H groups in total. The SMILES string of the molecule is O=C(CC=Nc1ccccc1Cl)c1ccoc1. The topological polar surface area (TPSA) is 42.6 Å². The minimum absolute atomic E-state index is 0.0328. The molecular formula is C13H10ClNO2. The van der Waals surface area contributed by atoms with Crippen LogP contribution in [0.2, 0.25) is 5.02 Å². The lowest BCUT2D eigenvalue weighted by atomic mass is 10.2. The van der Waals surface area contributed by atoms with Crippen molar-refractivity contribution in [2.24, 2.45) is 4.99 Å². The standard InChI is InChI=1S/C13H10ClNO2/c14-11-3-1-2-4-12(11)15-7-5-13(16)10-6-8-17-9-10/h1-4,6-9H,5H2. The summed E-state index contributed by atoms with van der Waals surface area (Å²) < 4.78 is 4.83. The van der Waals surface area contributed by atoms with Gasteiger partial charge in [-0.25, -0.2) is 0 Å². The second-order valence-corrected chi connectivity index (χ2v) is 3.81. The molecule has 1 heterocycles. The number of hydrogen-bond acceptors (Lipinski definition) is 3. The maximum absolute atomic E-state index is 11.6. The lowest BCUT2D eigenvalue weighted by Crippen LogP contribution is -1.96. The van der Waals surface area contributed by atoms with Gasteiger partial charge in [0.25, 0.3) is 0 Å². The van der Waals surface area contributed by atoms with Crippen LogP contribution in [0, 0.1) is 0 Å². The van der Waals surface area contributed by atoms with Crippen LogP contribution in [0.1, 0.15) is 16.8 Å². The number of carbonyl (C=O) groups is 1. The minimum Gasteiger partial charge on any atom is -0.472 e. The van der Waals surface area contributed by atoms with Gasteiger partial charge >= 0.3 is 0 Å². The van der Waals surface area contributed by atoms with Crippen molar-refractivity contribution in [1.82, 2.24) is 0 Å². The van der Waals surface area contributed by atoms with E-state index in [1.165, 1.54) is 12.5 Å². The van der Waals surface area contributed by atoms with Crippen molar-refractivity contribution in [3.05, 3.63) is 53.4 Å². The van der Waals surface area contributed by atoms with Gasteiger partial charge in [-0.15, -0.1) is 0 Å². The third kappa shape index (κ3) is 3.04. The summed E-state index contributed by atoms with van der Waals surface area (Å²) in [7, 11) is 0. The Morgan fingerprint density at radius 1 is 1.35 bits per heavy atom. The smallest absolute Gasteiger partial charge is 0.171 e. The predicted molar refractivity (Wildman–Crippen MR) is 67.3 cm³/mol. The van der Waals surface area contributed by atoms with Gasteiger partial charge < -0.3 is 4.42 Å². The van der Waals surface area contributed by atoms with Gasteiger partial charge in [0.1, 0.15) is 6.26 Å². The van der Waals surface area contributed by atoms with Crippen molar-refractivity contribution in [2.45, 2.75) is 6.42 Å². The molecule has 2 aromatic rings. The van der Waals surface area contributed by atoms with E-state index in [1.54, 1.807) is 24.4 Å². The molecule has 0 radical (unpaired) electrons. The van der Waals surface area contributed by atoms with Crippen molar-refractivity contribution in [3.8, 4) is 0 Å². The van der Waals surface area contributed by atoms with Crippen LogP contribution in [0.15, 0.2) is 52.3 Å². The van der Waals surface area contributed by atoms with E-state index < -0.39 is 0 Å². The van der Waals surface area contributed by atoms with Gasteiger partial charge in [0.15, 0.2) is 5.78 Å². The Labute approximate surface area is 104 Å². The molecule has 0 aliphatic carbocycles. The average molecular weight is 248 g/mol. The van der Waals surface area contributed by atoms with Crippen molar-refractivity contribution in [2.75, 3.05) is 0 Å². The number of carbonyl (C=O) groups excluding carboxylic acids is 1. The molecule has 4 heteroatoms. The molecular weight excluding hydrogens is 238 g/mol. The summed E-state index contributed by atoms with van der Waals surface area (Å²) in [6.45, 7) is 0. The van der Waals surface area contributed by atoms with E-state index in [2.05, 4.69) is 4.99 Å². The highest BCUT2D eigenvalue weighted by Gasteiger charge is 2.04. The fraction of sp³-hybridized carbons (Fsp3) is 0.0769. The van der Waals surface area contributed by atoms with E-state index in [0.29, 0.717) is 16.3 Å². The van der Waals surface area contributed by atoms with E-state index in [1.807, 2.05) is 12.1 Å². The van der Waals surface area contributed by atoms with Gasteiger partial charge in [0.05, 0.1) is 22.5 Å². The monoisotopic (exact) mass is 247 g/mol. The predicted octanol–water partition coefficient (Wildman–Crippen LogP) is 3.91. The zero-order valence-electron chi connectivity index (χ0n) is 8.97. The Morgan fingerprint density at radius 3 is 2.88 bits per heavy atom. The first-order valence-electron chi connectivity index (χ1n) is 5.10. The Balaban J connectivity index is 1.99. The largest absolute Gasteiger partial charge is 0.472 e. The van der Waals surface area contributed by atoms with Gasteiger partial charge in [0.2, 0.25) is 0 Å². The number of hydrogen-bond donors (Lipinski definition) is 0. The summed E-state index contributed by atoms with van der Waals surface area (Å²) in [5.74, 6) is -0.0328. The maximum atomic E-state index is 11.6. The molecule has 2 rings (SSSR count). The first-order chi connectivity index (χ1) is 8.27. The number of ketones is 1. The summed E-state index contributed by atoms with van der Waals surface area (Å²) in [6, 6.07) is 8.85. The van der Waals surface area contributed by atoms with Gasteiger partial charge in [-0.1, -0.05) is 23.7 Å². The van der Waals surface area contributed by atoms with Gasteiger partial charge in [-0.3, -0.25) is 9.79 Å². The number of halogens is 1. The van der Waals surface area contributed by atoms with Crippen LogP contribution in [0.5, 0.6) is 0 Å². The first-order valence-corrected chi connectivity index (χ1v) is 5.47. The average Bonchev–Trinajstić information content (AvgIpc) is 2.85. The molecule has 17 heavy (non-hydrogen) atoms. The number of para-hydroxylation sites is 1. The molecule has 0 bridgehead atoms. The molecule has 0 spiro atoms. The summed E-state index contributed by atoms with van der Waals surface area (Å²) in [5, 5.41) is 0.569. The molecule has 86 valence electrons. The number of rotatable bonds is 4. The summed E-state index contributed by atoms with van der Waals surface area (Å²) in [5.41, 5.74) is 1.21. The fourth-order valence-electron chi connectivity index (χ4n) is 1.32.